The van der Waals surface area contributed by atoms with E-state index < -0.39 is 11.7 Å². The molecule has 144 valence electrons. The predicted octanol–water partition coefficient (Wildman–Crippen LogP) is 5.05. The van der Waals surface area contributed by atoms with Crippen LogP contribution in [0, 0.1) is 0 Å². The number of pyridine rings is 1. The van der Waals surface area contributed by atoms with Gasteiger partial charge in [-0.2, -0.15) is 0 Å². The summed E-state index contributed by atoms with van der Waals surface area (Å²) in [6.45, 7) is 7.33. The number of hydrogen-bond acceptors (Lipinski definition) is 4. The highest BCUT2D eigenvalue weighted by molar-refractivity contribution is 6.16. The Morgan fingerprint density at radius 3 is 2.43 bits per heavy atom. The summed E-state index contributed by atoms with van der Waals surface area (Å²) in [6, 6.07) is 14.5. The van der Waals surface area contributed by atoms with Crippen molar-refractivity contribution in [2.45, 2.75) is 39.3 Å². The van der Waals surface area contributed by atoms with Crippen molar-refractivity contribution in [2.75, 3.05) is 0 Å². The molecule has 5 heteroatoms. The Hall–Kier alpha value is -3.21. The topological polar surface area (TPSA) is 68.3 Å². The van der Waals surface area contributed by atoms with Gasteiger partial charge in [0.1, 0.15) is 5.60 Å². The van der Waals surface area contributed by atoms with E-state index in [2.05, 4.69) is 10.3 Å². The average molecular weight is 376 g/mol. The molecule has 2 aromatic carbocycles. The monoisotopic (exact) mass is 376 g/mol. The van der Waals surface area contributed by atoms with Crippen LogP contribution in [0.5, 0.6) is 0 Å². The van der Waals surface area contributed by atoms with Gasteiger partial charge in [-0.25, -0.2) is 4.79 Å². The lowest BCUT2D eigenvalue weighted by molar-refractivity contribution is 0.0507. The van der Waals surface area contributed by atoms with Crippen molar-refractivity contribution in [3.8, 4) is 0 Å². The van der Waals surface area contributed by atoms with Crippen molar-refractivity contribution >= 4 is 22.6 Å². The Balaban J connectivity index is 1.77. The third-order valence-electron chi connectivity index (χ3n) is 4.33. The Bertz CT molecular complexity index is 999. The molecule has 0 aliphatic heterocycles. The molecule has 0 spiro atoms. The molecule has 3 rings (SSSR count). The summed E-state index contributed by atoms with van der Waals surface area (Å²) < 4.78 is 5.28. The first-order valence-corrected chi connectivity index (χ1v) is 9.21. The van der Waals surface area contributed by atoms with Crippen LogP contribution in [0.2, 0.25) is 0 Å². The molecule has 0 aliphatic carbocycles. The second-order valence-corrected chi connectivity index (χ2v) is 7.72. The molecule has 3 aromatic rings. The maximum Gasteiger partial charge on any atom is 0.408 e. The van der Waals surface area contributed by atoms with E-state index in [1.807, 2.05) is 64.1 Å². The molecule has 0 aliphatic rings. The van der Waals surface area contributed by atoms with Crippen LogP contribution >= 0.6 is 0 Å². The van der Waals surface area contributed by atoms with Crippen LogP contribution in [0.3, 0.4) is 0 Å². The zero-order valence-electron chi connectivity index (χ0n) is 16.5. The van der Waals surface area contributed by atoms with Crippen molar-refractivity contribution < 1.29 is 14.3 Å². The molecule has 0 fully saturated rings. The lowest BCUT2D eigenvalue weighted by atomic mass is 9.97. The van der Waals surface area contributed by atoms with Gasteiger partial charge in [0.2, 0.25) is 0 Å². The van der Waals surface area contributed by atoms with E-state index in [9.17, 15) is 9.59 Å². The van der Waals surface area contributed by atoms with Crippen LogP contribution in [0.25, 0.3) is 10.8 Å². The number of amides is 1. The number of aromatic nitrogens is 1. The number of ether oxygens (including phenoxy) is 1. The fraction of sp³-hybridized carbons (Fsp3) is 0.261. The van der Waals surface area contributed by atoms with Crippen LogP contribution < -0.4 is 5.32 Å². The summed E-state index contributed by atoms with van der Waals surface area (Å²) in [5.74, 6) is -0.0453. The molecular formula is C23H24N2O3. The molecule has 1 N–H and O–H groups in total. The number of nitrogens with one attached hydrogen (secondary N) is 1. The first-order chi connectivity index (χ1) is 13.2. The van der Waals surface area contributed by atoms with Crippen LogP contribution in [-0.2, 0) is 4.74 Å². The second kappa shape index (κ2) is 7.80. The SMILES string of the molecule is C[C@H](NC(=O)OC(C)(C)C)c1ccc(C(=O)c2cccc3cnccc23)cc1. The molecule has 0 radical (unpaired) electrons. The highest BCUT2D eigenvalue weighted by Gasteiger charge is 2.19. The zero-order chi connectivity index (χ0) is 20.3. The van der Waals surface area contributed by atoms with Gasteiger partial charge in [-0.15, -0.1) is 0 Å². The van der Waals surface area contributed by atoms with E-state index in [0.29, 0.717) is 11.1 Å². The highest BCUT2D eigenvalue weighted by atomic mass is 16.6. The van der Waals surface area contributed by atoms with Crippen LogP contribution in [0.4, 0.5) is 4.79 Å². The quantitative estimate of drug-likeness (QED) is 0.647. The van der Waals surface area contributed by atoms with Gasteiger partial charge in [0.25, 0.3) is 0 Å². The van der Waals surface area contributed by atoms with Crippen molar-refractivity contribution in [1.29, 1.82) is 0 Å². The summed E-state index contributed by atoms with van der Waals surface area (Å²) in [5.41, 5.74) is 1.59. The van der Waals surface area contributed by atoms with Crippen LogP contribution in [0.1, 0.15) is 55.2 Å². The van der Waals surface area contributed by atoms with E-state index >= 15 is 0 Å². The molecule has 1 aromatic heterocycles. The van der Waals surface area contributed by atoms with Gasteiger partial charge in [-0.3, -0.25) is 9.78 Å². The summed E-state index contributed by atoms with van der Waals surface area (Å²) in [7, 11) is 0. The van der Waals surface area contributed by atoms with Crippen LogP contribution in [-0.4, -0.2) is 22.5 Å². The molecular weight excluding hydrogens is 352 g/mol. The molecule has 1 amide bonds. The molecule has 0 bridgehead atoms. The largest absolute Gasteiger partial charge is 0.444 e. The third kappa shape index (κ3) is 4.55. The number of carbonyl (C=O) groups is 2. The van der Waals surface area contributed by atoms with E-state index in [1.165, 1.54) is 0 Å². The number of ketones is 1. The van der Waals surface area contributed by atoms with E-state index in [0.717, 1.165) is 16.3 Å². The van der Waals surface area contributed by atoms with Gasteiger partial charge in [-0.1, -0.05) is 42.5 Å². The number of rotatable bonds is 4. The van der Waals surface area contributed by atoms with Gasteiger partial charge < -0.3 is 10.1 Å². The minimum atomic E-state index is -0.548. The molecule has 0 unspecified atom stereocenters. The minimum absolute atomic E-state index is 0.0453. The van der Waals surface area contributed by atoms with E-state index in [-0.39, 0.29) is 11.8 Å². The summed E-state index contributed by atoms with van der Waals surface area (Å²) in [6.07, 6.45) is 2.97. The smallest absolute Gasteiger partial charge is 0.408 e. The van der Waals surface area contributed by atoms with Crippen molar-refractivity contribution in [3.05, 3.63) is 77.6 Å². The Labute approximate surface area is 164 Å². The molecule has 28 heavy (non-hydrogen) atoms. The third-order valence-corrected chi connectivity index (χ3v) is 4.33. The Morgan fingerprint density at radius 1 is 1.04 bits per heavy atom. The molecule has 5 nitrogen and oxygen atoms in total. The van der Waals surface area contributed by atoms with E-state index in [4.69, 9.17) is 4.74 Å². The number of fused-ring (bicyclic) bond motifs is 1. The van der Waals surface area contributed by atoms with E-state index in [1.54, 1.807) is 24.5 Å². The van der Waals surface area contributed by atoms with Gasteiger partial charge in [0.15, 0.2) is 5.78 Å². The van der Waals surface area contributed by atoms with Gasteiger partial charge in [0.05, 0.1) is 6.04 Å². The number of benzene rings is 2. The minimum Gasteiger partial charge on any atom is -0.444 e. The van der Waals surface area contributed by atoms with Gasteiger partial charge >= 0.3 is 6.09 Å². The summed E-state index contributed by atoms with van der Waals surface area (Å²) >= 11 is 0. The van der Waals surface area contributed by atoms with Crippen LogP contribution in [0.15, 0.2) is 60.9 Å². The van der Waals surface area contributed by atoms with Crippen molar-refractivity contribution in [3.63, 3.8) is 0 Å². The first kappa shape index (κ1) is 19.5. The molecule has 0 saturated heterocycles. The Kier molecular flexibility index (Phi) is 5.45. The predicted molar refractivity (Wildman–Crippen MR) is 109 cm³/mol. The first-order valence-electron chi connectivity index (χ1n) is 9.21. The van der Waals surface area contributed by atoms with Gasteiger partial charge in [-0.05, 0) is 44.7 Å². The second-order valence-electron chi connectivity index (χ2n) is 7.72. The number of alkyl carbamates (subject to hydrolysis) is 1. The standard InChI is InChI=1S/C23H24N2O3/c1-15(25-22(27)28-23(2,3)4)16-8-10-17(11-9-16)21(26)20-7-5-6-18-14-24-13-12-19(18)20/h5-15H,1-4H3,(H,25,27)/t15-/m0/s1. The van der Waals surface area contributed by atoms with Crippen molar-refractivity contribution in [1.82, 2.24) is 10.3 Å². The lowest BCUT2D eigenvalue weighted by Gasteiger charge is -2.22. The number of carbonyl (C=O) groups excluding carboxylic acids is 2. The van der Waals surface area contributed by atoms with Gasteiger partial charge in [0, 0.05) is 28.9 Å². The van der Waals surface area contributed by atoms with Crippen molar-refractivity contribution in [2.24, 2.45) is 0 Å². The molecule has 1 heterocycles. The summed E-state index contributed by atoms with van der Waals surface area (Å²) in [4.78, 5) is 29.0. The lowest BCUT2D eigenvalue weighted by Crippen LogP contribution is -2.34. The zero-order valence-corrected chi connectivity index (χ0v) is 16.5. The summed E-state index contributed by atoms with van der Waals surface area (Å²) in [5, 5.41) is 4.62. The fourth-order valence-electron chi connectivity index (χ4n) is 2.97. The molecule has 0 saturated carbocycles. The maximum atomic E-state index is 13.0. The maximum absolute atomic E-state index is 13.0. The average Bonchev–Trinajstić information content (AvgIpc) is 2.65. The number of nitrogens with zero attached hydrogens (tertiary/aromatic N) is 1. The Morgan fingerprint density at radius 2 is 1.75 bits per heavy atom. The molecule has 1 atom stereocenters. The number of hydrogen-bond donors (Lipinski definition) is 1. The fourth-order valence-corrected chi connectivity index (χ4v) is 2.97. The normalized spacial score (nSPS) is 12.4. The highest BCUT2D eigenvalue weighted by Crippen LogP contribution is 2.22.